The molecule has 0 aliphatic heterocycles. The zero-order valence-corrected chi connectivity index (χ0v) is 11.4. The quantitative estimate of drug-likeness (QED) is 0.831. The van der Waals surface area contributed by atoms with E-state index in [1.807, 2.05) is 0 Å². The van der Waals surface area contributed by atoms with Gasteiger partial charge in [-0.15, -0.1) is 0 Å². The first-order valence-corrected chi connectivity index (χ1v) is 6.18. The minimum Gasteiger partial charge on any atom is -0.481 e. The van der Waals surface area contributed by atoms with Crippen LogP contribution in [0.1, 0.15) is 16.8 Å². The molecule has 104 valence electrons. The molecule has 1 amide bonds. The summed E-state index contributed by atoms with van der Waals surface area (Å²) in [7, 11) is 1.53. The number of amides is 1. The molecule has 5 nitrogen and oxygen atoms in total. The maximum atomic E-state index is 12.2. The largest absolute Gasteiger partial charge is 0.481 e. The number of hydrogen-bond acceptors (Lipinski definition) is 3. The van der Waals surface area contributed by atoms with Gasteiger partial charge in [-0.1, -0.05) is 17.7 Å². The number of rotatable bonds is 7. The second-order valence-corrected chi connectivity index (χ2v) is 4.38. The Balaban J connectivity index is 2.77. The Morgan fingerprint density at radius 3 is 2.68 bits per heavy atom. The van der Waals surface area contributed by atoms with Gasteiger partial charge < -0.3 is 14.7 Å². The molecule has 0 aliphatic carbocycles. The van der Waals surface area contributed by atoms with Crippen LogP contribution in [0.5, 0.6) is 0 Å². The van der Waals surface area contributed by atoms with Gasteiger partial charge >= 0.3 is 5.97 Å². The van der Waals surface area contributed by atoms with Gasteiger partial charge in [-0.25, -0.2) is 0 Å². The van der Waals surface area contributed by atoms with Crippen LogP contribution in [-0.2, 0) is 9.53 Å². The Labute approximate surface area is 116 Å². The highest BCUT2D eigenvalue weighted by molar-refractivity contribution is 6.30. The lowest BCUT2D eigenvalue weighted by molar-refractivity contribution is -0.137. The highest BCUT2D eigenvalue weighted by atomic mass is 35.5. The monoisotopic (exact) mass is 285 g/mol. The molecular weight excluding hydrogens is 270 g/mol. The molecule has 0 aliphatic rings. The fourth-order valence-electron chi connectivity index (χ4n) is 1.55. The number of carboxylic acid groups (broad SMARTS) is 1. The summed E-state index contributed by atoms with van der Waals surface area (Å²) in [6, 6.07) is 6.57. The van der Waals surface area contributed by atoms with E-state index in [0.29, 0.717) is 23.7 Å². The number of methoxy groups -OCH3 is 1. The van der Waals surface area contributed by atoms with Gasteiger partial charge in [0.15, 0.2) is 0 Å². The molecule has 0 radical (unpaired) electrons. The first-order chi connectivity index (χ1) is 9.04. The summed E-state index contributed by atoms with van der Waals surface area (Å²) in [6.45, 7) is 0.838. The van der Waals surface area contributed by atoms with Crippen molar-refractivity contribution in [3.05, 3.63) is 34.9 Å². The van der Waals surface area contributed by atoms with Crippen molar-refractivity contribution in [2.24, 2.45) is 0 Å². The fourth-order valence-corrected chi connectivity index (χ4v) is 1.74. The van der Waals surface area contributed by atoms with Gasteiger partial charge in [-0.05, 0) is 18.2 Å². The number of carbonyl (C=O) groups is 2. The number of benzene rings is 1. The third kappa shape index (κ3) is 5.28. The SMILES string of the molecule is COCCN(CCC(=O)O)C(=O)c1cccc(Cl)c1. The molecular formula is C13H16ClNO4. The highest BCUT2D eigenvalue weighted by Crippen LogP contribution is 2.13. The molecule has 0 saturated heterocycles. The van der Waals surface area contributed by atoms with Gasteiger partial charge in [0, 0.05) is 30.8 Å². The molecule has 0 aromatic heterocycles. The van der Waals surface area contributed by atoms with Crippen molar-refractivity contribution in [1.29, 1.82) is 0 Å². The topological polar surface area (TPSA) is 66.8 Å². The Morgan fingerprint density at radius 2 is 2.11 bits per heavy atom. The van der Waals surface area contributed by atoms with E-state index in [4.69, 9.17) is 21.4 Å². The number of hydrogen-bond donors (Lipinski definition) is 1. The molecule has 0 fully saturated rings. The van der Waals surface area contributed by atoms with Crippen LogP contribution < -0.4 is 0 Å². The van der Waals surface area contributed by atoms with Gasteiger partial charge in [0.1, 0.15) is 0 Å². The van der Waals surface area contributed by atoms with Crippen LogP contribution >= 0.6 is 11.6 Å². The maximum absolute atomic E-state index is 12.2. The molecule has 19 heavy (non-hydrogen) atoms. The van der Waals surface area contributed by atoms with E-state index in [9.17, 15) is 9.59 Å². The number of ether oxygens (including phenoxy) is 1. The molecule has 0 heterocycles. The van der Waals surface area contributed by atoms with Crippen molar-refractivity contribution in [3.8, 4) is 0 Å². The lowest BCUT2D eigenvalue weighted by atomic mass is 10.2. The predicted octanol–water partition coefficient (Wildman–Crippen LogP) is 1.90. The Bertz CT molecular complexity index is 450. The van der Waals surface area contributed by atoms with Crippen LogP contribution in [0, 0.1) is 0 Å². The minimum atomic E-state index is -0.943. The van der Waals surface area contributed by atoms with Crippen molar-refractivity contribution in [2.75, 3.05) is 26.8 Å². The Kier molecular flexibility index (Phi) is 6.32. The number of halogens is 1. The molecule has 0 unspecified atom stereocenters. The summed E-state index contributed by atoms with van der Waals surface area (Å²) in [5.74, 6) is -1.19. The number of carbonyl (C=O) groups excluding carboxylic acids is 1. The summed E-state index contributed by atoms with van der Waals surface area (Å²) in [5, 5.41) is 9.16. The number of carboxylic acids is 1. The Morgan fingerprint density at radius 1 is 1.37 bits per heavy atom. The molecule has 1 rings (SSSR count). The van der Waals surface area contributed by atoms with E-state index in [1.165, 1.54) is 12.0 Å². The first kappa shape index (κ1) is 15.5. The highest BCUT2D eigenvalue weighted by Gasteiger charge is 2.16. The molecule has 0 saturated carbocycles. The van der Waals surface area contributed by atoms with Gasteiger partial charge in [0.05, 0.1) is 13.0 Å². The Hall–Kier alpha value is -1.59. The third-order valence-electron chi connectivity index (χ3n) is 2.52. The van der Waals surface area contributed by atoms with Crippen LogP contribution in [0.3, 0.4) is 0 Å². The molecule has 6 heteroatoms. The van der Waals surface area contributed by atoms with Crippen LogP contribution in [0.15, 0.2) is 24.3 Å². The second-order valence-electron chi connectivity index (χ2n) is 3.94. The van der Waals surface area contributed by atoms with Crippen LogP contribution in [0.2, 0.25) is 5.02 Å². The number of aliphatic carboxylic acids is 1. The average molecular weight is 286 g/mol. The van der Waals surface area contributed by atoms with Crippen molar-refractivity contribution in [2.45, 2.75) is 6.42 Å². The molecule has 0 bridgehead atoms. The van der Waals surface area contributed by atoms with E-state index in [-0.39, 0.29) is 18.9 Å². The molecule has 1 aromatic rings. The van der Waals surface area contributed by atoms with Crippen LogP contribution in [-0.4, -0.2) is 48.7 Å². The minimum absolute atomic E-state index is 0.101. The lowest BCUT2D eigenvalue weighted by Gasteiger charge is -2.21. The summed E-state index contributed by atoms with van der Waals surface area (Å²) >= 11 is 5.84. The zero-order chi connectivity index (χ0) is 14.3. The van der Waals surface area contributed by atoms with Crippen molar-refractivity contribution in [3.63, 3.8) is 0 Å². The maximum Gasteiger partial charge on any atom is 0.305 e. The summed E-state index contributed by atoms with van der Waals surface area (Å²) in [4.78, 5) is 24.3. The van der Waals surface area contributed by atoms with Crippen LogP contribution in [0.25, 0.3) is 0 Å². The number of nitrogens with zero attached hydrogens (tertiary/aromatic N) is 1. The van der Waals surface area contributed by atoms with Gasteiger partial charge in [-0.2, -0.15) is 0 Å². The van der Waals surface area contributed by atoms with Crippen molar-refractivity contribution in [1.82, 2.24) is 4.90 Å². The van der Waals surface area contributed by atoms with E-state index in [1.54, 1.807) is 24.3 Å². The van der Waals surface area contributed by atoms with Crippen molar-refractivity contribution >= 4 is 23.5 Å². The van der Waals surface area contributed by atoms with Gasteiger partial charge in [0.2, 0.25) is 0 Å². The normalized spacial score (nSPS) is 10.2. The van der Waals surface area contributed by atoms with E-state index in [2.05, 4.69) is 0 Å². The first-order valence-electron chi connectivity index (χ1n) is 5.80. The van der Waals surface area contributed by atoms with E-state index in [0.717, 1.165) is 0 Å². The van der Waals surface area contributed by atoms with E-state index < -0.39 is 5.97 Å². The molecule has 1 N–H and O–H groups in total. The fraction of sp³-hybridized carbons (Fsp3) is 0.385. The third-order valence-corrected chi connectivity index (χ3v) is 2.75. The smallest absolute Gasteiger partial charge is 0.305 e. The summed E-state index contributed by atoms with van der Waals surface area (Å²) < 4.78 is 4.92. The van der Waals surface area contributed by atoms with Gasteiger partial charge in [-0.3, -0.25) is 9.59 Å². The molecule has 1 aromatic carbocycles. The molecule has 0 spiro atoms. The average Bonchev–Trinajstić information content (AvgIpc) is 2.38. The van der Waals surface area contributed by atoms with Gasteiger partial charge in [0.25, 0.3) is 5.91 Å². The molecule has 0 atom stereocenters. The summed E-state index contributed by atoms with van der Waals surface area (Å²) in [5.41, 5.74) is 0.439. The standard InChI is InChI=1S/C13H16ClNO4/c1-19-8-7-15(6-5-12(16)17)13(18)10-3-2-4-11(14)9-10/h2-4,9H,5-8H2,1H3,(H,16,17). The zero-order valence-electron chi connectivity index (χ0n) is 10.6. The van der Waals surface area contributed by atoms with E-state index >= 15 is 0 Å². The summed E-state index contributed by atoms with van der Waals surface area (Å²) in [6.07, 6.45) is -0.101. The van der Waals surface area contributed by atoms with Crippen LogP contribution in [0.4, 0.5) is 0 Å². The predicted molar refractivity (Wildman–Crippen MR) is 71.5 cm³/mol. The van der Waals surface area contributed by atoms with Crippen molar-refractivity contribution < 1.29 is 19.4 Å². The lowest BCUT2D eigenvalue weighted by Crippen LogP contribution is -2.35. The second kappa shape index (κ2) is 7.76.